The van der Waals surface area contributed by atoms with E-state index in [1.807, 2.05) is 30.3 Å². The van der Waals surface area contributed by atoms with Crippen LogP contribution in [-0.4, -0.2) is 21.5 Å². The molecule has 0 unspecified atom stereocenters. The SMILES string of the molecule is Cc1cc(C(=O)N/N=C(\c2ccccc2)c2ccncc2)ccc1[N+](=O)[O-]. The summed E-state index contributed by atoms with van der Waals surface area (Å²) < 4.78 is 0. The fraction of sp³-hybridized carbons (Fsp3) is 0.0500. The van der Waals surface area contributed by atoms with Gasteiger partial charge < -0.3 is 0 Å². The molecule has 0 aliphatic carbocycles. The van der Waals surface area contributed by atoms with Crippen LogP contribution >= 0.6 is 0 Å². The first-order valence-electron chi connectivity index (χ1n) is 8.15. The summed E-state index contributed by atoms with van der Waals surface area (Å²) >= 11 is 0. The van der Waals surface area contributed by atoms with E-state index >= 15 is 0 Å². The molecule has 0 bridgehead atoms. The van der Waals surface area contributed by atoms with Crippen molar-refractivity contribution < 1.29 is 9.72 Å². The standard InChI is InChI=1S/C20H16N4O3/c1-14-13-17(7-8-18(14)24(26)27)20(25)23-22-19(15-5-3-2-4-6-15)16-9-11-21-12-10-16/h2-13H,1H3,(H,23,25)/b22-19+. The van der Waals surface area contributed by atoms with E-state index in [9.17, 15) is 14.9 Å². The Morgan fingerprint density at radius 1 is 1.00 bits per heavy atom. The Morgan fingerprint density at radius 2 is 1.67 bits per heavy atom. The lowest BCUT2D eigenvalue weighted by molar-refractivity contribution is -0.385. The predicted octanol–water partition coefficient (Wildman–Crippen LogP) is 3.48. The molecular formula is C20H16N4O3. The molecule has 1 N–H and O–H groups in total. The number of hydrazone groups is 1. The molecule has 1 aromatic heterocycles. The number of nitrogens with one attached hydrogen (secondary N) is 1. The Kier molecular flexibility index (Phi) is 5.32. The van der Waals surface area contributed by atoms with Gasteiger partial charge in [0.15, 0.2) is 0 Å². The molecule has 0 aliphatic heterocycles. The van der Waals surface area contributed by atoms with Gasteiger partial charge in [-0.25, -0.2) is 5.43 Å². The Morgan fingerprint density at radius 3 is 2.30 bits per heavy atom. The lowest BCUT2D eigenvalue weighted by atomic mass is 10.0. The maximum atomic E-state index is 12.4. The van der Waals surface area contributed by atoms with E-state index in [2.05, 4.69) is 15.5 Å². The number of benzene rings is 2. The van der Waals surface area contributed by atoms with Crippen molar-refractivity contribution in [1.82, 2.24) is 10.4 Å². The third-order valence-electron chi connectivity index (χ3n) is 3.93. The fourth-order valence-electron chi connectivity index (χ4n) is 2.57. The molecule has 0 spiro atoms. The summed E-state index contributed by atoms with van der Waals surface area (Å²) in [6.45, 7) is 1.59. The summed E-state index contributed by atoms with van der Waals surface area (Å²) in [5, 5.41) is 15.2. The van der Waals surface area contributed by atoms with E-state index in [0.29, 0.717) is 16.8 Å². The van der Waals surface area contributed by atoms with Gasteiger partial charge in [-0.15, -0.1) is 0 Å². The first kappa shape index (κ1) is 17.9. The van der Waals surface area contributed by atoms with Gasteiger partial charge in [0.05, 0.1) is 10.6 Å². The van der Waals surface area contributed by atoms with Crippen LogP contribution in [0.15, 0.2) is 78.2 Å². The van der Waals surface area contributed by atoms with E-state index < -0.39 is 10.8 Å². The van der Waals surface area contributed by atoms with Gasteiger partial charge >= 0.3 is 0 Å². The number of nitro benzene ring substituents is 1. The maximum absolute atomic E-state index is 12.4. The van der Waals surface area contributed by atoms with Gasteiger partial charge in [0, 0.05) is 40.7 Å². The van der Waals surface area contributed by atoms with E-state index in [4.69, 9.17) is 0 Å². The average Bonchev–Trinajstić information content (AvgIpc) is 2.69. The molecule has 27 heavy (non-hydrogen) atoms. The van der Waals surface area contributed by atoms with E-state index in [1.54, 1.807) is 31.5 Å². The highest BCUT2D eigenvalue weighted by molar-refractivity contribution is 6.13. The van der Waals surface area contributed by atoms with Crippen molar-refractivity contribution in [2.24, 2.45) is 5.10 Å². The minimum Gasteiger partial charge on any atom is -0.267 e. The lowest BCUT2D eigenvalue weighted by Crippen LogP contribution is -2.20. The van der Waals surface area contributed by atoms with Gasteiger partial charge in [0.1, 0.15) is 0 Å². The molecule has 2 aromatic carbocycles. The molecule has 0 atom stereocenters. The summed E-state index contributed by atoms with van der Waals surface area (Å²) in [7, 11) is 0. The van der Waals surface area contributed by atoms with E-state index in [-0.39, 0.29) is 5.69 Å². The highest BCUT2D eigenvalue weighted by atomic mass is 16.6. The average molecular weight is 360 g/mol. The van der Waals surface area contributed by atoms with Crippen LogP contribution in [0.4, 0.5) is 5.69 Å². The van der Waals surface area contributed by atoms with Crippen molar-refractivity contribution >= 4 is 17.3 Å². The second kappa shape index (κ2) is 8.01. The predicted molar refractivity (Wildman–Crippen MR) is 102 cm³/mol. The van der Waals surface area contributed by atoms with E-state index in [1.165, 1.54) is 18.2 Å². The normalized spacial score (nSPS) is 11.1. The first-order chi connectivity index (χ1) is 13.1. The molecule has 3 aromatic rings. The van der Waals surface area contributed by atoms with Gasteiger partial charge in [-0.2, -0.15) is 5.10 Å². The Balaban J connectivity index is 1.90. The largest absolute Gasteiger partial charge is 0.272 e. The molecule has 0 saturated heterocycles. The third-order valence-corrected chi connectivity index (χ3v) is 3.93. The molecular weight excluding hydrogens is 344 g/mol. The molecule has 1 heterocycles. The van der Waals surface area contributed by atoms with E-state index in [0.717, 1.165) is 11.1 Å². The highest BCUT2D eigenvalue weighted by Crippen LogP contribution is 2.18. The second-order valence-corrected chi connectivity index (χ2v) is 5.76. The van der Waals surface area contributed by atoms with Crippen LogP contribution in [0.25, 0.3) is 0 Å². The Hall–Kier alpha value is -3.87. The van der Waals surface area contributed by atoms with Crippen molar-refractivity contribution in [2.75, 3.05) is 0 Å². The summed E-state index contributed by atoms with van der Waals surface area (Å²) in [6, 6.07) is 17.2. The smallest absolute Gasteiger partial charge is 0.267 e. The molecule has 134 valence electrons. The number of amides is 1. The van der Waals surface area contributed by atoms with Gasteiger partial charge in [-0.1, -0.05) is 30.3 Å². The van der Waals surface area contributed by atoms with Crippen molar-refractivity contribution in [2.45, 2.75) is 6.92 Å². The van der Waals surface area contributed by atoms with Crippen molar-refractivity contribution in [3.63, 3.8) is 0 Å². The quantitative estimate of drug-likeness (QED) is 0.428. The minimum absolute atomic E-state index is 0.0307. The molecule has 7 heteroatoms. The minimum atomic E-state index is -0.480. The lowest BCUT2D eigenvalue weighted by Gasteiger charge is -2.08. The summed E-state index contributed by atoms with van der Waals surface area (Å²) in [5.41, 5.74) is 5.43. The van der Waals surface area contributed by atoms with Crippen LogP contribution in [0, 0.1) is 17.0 Å². The zero-order chi connectivity index (χ0) is 19.2. The van der Waals surface area contributed by atoms with Crippen LogP contribution in [0.1, 0.15) is 27.0 Å². The zero-order valence-corrected chi connectivity index (χ0v) is 14.5. The van der Waals surface area contributed by atoms with Gasteiger partial charge in [0.25, 0.3) is 11.6 Å². The number of nitrogens with zero attached hydrogens (tertiary/aromatic N) is 3. The number of aryl methyl sites for hydroxylation is 1. The number of carbonyl (C=O) groups excluding carboxylic acids is 1. The van der Waals surface area contributed by atoms with Crippen LogP contribution in [0.3, 0.4) is 0 Å². The van der Waals surface area contributed by atoms with Gasteiger partial charge in [-0.05, 0) is 31.2 Å². The molecule has 0 aliphatic rings. The van der Waals surface area contributed by atoms with Crippen LogP contribution in [-0.2, 0) is 0 Å². The maximum Gasteiger partial charge on any atom is 0.272 e. The summed E-state index contributed by atoms with van der Waals surface area (Å²) in [5.74, 6) is -0.449. The molecule has 0 fully saturated rings. The van der Waals surface area contributed by atoms with Crippen molar-refractivity contribution in [3.8, 4) is 0 Å². The zero-order valence-electron chi connectivity index (χ0n) is 14.5. The molecule has 3 rings (SSSR count). The number of pyridine rings is 1. The second-order valence-electron chi connectivity index (χ2n) is 5.76. The third kappa shape index (κ3) is 4.21. The Bertz CT molecular complexity index is 961. The number of nitro groups is 1. The molecule has 1 amide bonds. The number of aromatic nitrogens is 1. The van der Waals surface area contributed by atoms with Crippen molar-refractivity contribution in [3.05, 3.63) is 105 Å². The first-order valence-corrected chi connectivity index (χ1v) is 8.15. The summed E-state index contributed by atoms with van der Waals surface area (Å²) in [6.07, 6.45) is 3.30. The van der Waals surface area contributed by atoms with Crippen molar-refractivity contribution in [1.29, 1.82) is 0 Å². The van der Waals surface area contributed by atoms with Crippen LogP contribution in [0.5, 0.6) is 0 Å². The van der Waals surface area contributed by atoms with Gasteiger partial charge in [-0.3, -0.25) is 19.9 Å². The van der Waals surface area contributed by atoms with Gasteiger partial charge in [0.2, 0.25) is 0 Å². The summed E-state index contributed by atoms with van der Waals surface area (Å²) in [4.78, 5) is 26.9. The number of hydrogen-bond acceptors (Lipinski definition) is 5. The molecule has 7 nitrogen and oxygen atoms in total. The monoisotopic (exact) mass is 360 g/mol. The number of rotatable bonds is 5. The number of hydrogen-bond donors (Lipinski definition) is 1. The number of carbonyl (C=O) groups is 1. The Labute approximate surface area is 155 Å². The van der Waals surface area contributed by atoms with Crippen LogP contribution in [0.2, 0.25) is 0 Å². The highest BCUT2D eigenvalue weighted by Gasteiger charge is 2.14. The topological polar surface area (TPSA) is 97.5 Å². The molecule has 0 saturated carbocycles. The fourth-order valence-corrected chi connectivity index (χ4v) is 2.57. The molecule has 0 radical (unpaired) electrons. The van der Waals surface area contributed by atoms with Crippen LogP contribution < -0.4 is 5.43 Å².